The SMILES string of the molecule is CC(c1ccccc1Cl)N(C)S(=O)(=O)CC1CCCN1. The number of sulfonamides is 1. The highest BCUT2D eigenvalue weighted by Crippen LogP contribution is 2.28. The molecule has 0 saturated carbocycles. The van der Waals surface area contributed by atoms with Gasteiger partial charge in [0.1, 0.15) is 0 Å². The maximum Gasteiger partial charge on any atom is 0.215 e. The van der Waals surface area contributed by atoms with Gasteiger partial charge in [0.2, 0.25) is 10.0 Å². The van der Waals surface area contributed by atoms with Gasteiger partial charge < -0.3 is 5.32 Å². The van der Waals surface area contributed by atoms with Gasteiger partial charge in [-0.15, -0.1) is 0 Å². The Morgan fingerprint density at radius 1 is 1.45 bits per heavy atom. The molecule has 0 spiro atoms. The first-order chi connectivity index (χ1) is 9.42. The van der Waals surface area contributed by atoms with Crippen molar-refractivity contribution in [2.24, 2.45) is 0 Å². The van der Waals surface area contributed by atoms with Crippen molar-refractivity contribution in [2.45, 2.75) is 31.8 Å². The van der Waals surface area contributed by atoms with Crippen LogP contribution in [0.4, 0.5) is 0 Å². The van der Waals surface area contributed by atoms with Crippen molar-refractivity contribution in [1.82, 2.24) is 9.62 Å². The van der Waals surface area contributed by atoms with Crippen LogP contribution in [0, 0.1) is 0 Å². The summed E-state index contributed by atoms with van der Waals surface area (Å²) in [5.74, 6) is 0.151. The Morgan fingerprint density at radius 3 is 2.75 bits per heavy atom. The van der Waals surface area contributed by atoms with Crippen molar-refractivity contribution in [1.29, 1.82) is 0 Å². The van der Waals surface area contributed by atoms with E-state index in [0.717, 1.165) is 24.9 Å². The molecule has 1 fully saturated rings. The second kappa shape index (κ2) is 6.43. The quantitative estimate of drug-likeness (QED) is 0.907. The zero-order valence-electron chi connectivity index (χ0n) is 11.8. The summed E-state index contributed by atoms with van der Waals surface area (Å²) in [6, 6.07) is 7.17. The summed E-state index contributed by atoms with van der Waals surface area (Å²) in [6.45, 7) is 2.77. The lowest BCUT2D eigenvalue weighted by Crippen LogP contribution is -2.38. The largest absolute Gasteiger partial charge is 0.313 e. The van der Waals surface area contributed by atoms with E-state index in [0.29, 0.717) is 5.02 Å². The second-order valence-corrected chi connectivity index (χ2v) is 7.77. The molecule has 0 amide bonds. The number of hydrogen-bond donors (Lipinski definition) is 1. The standard InChI is InChI=1S/C14H21ClN2O2S/c1-11(13-7-3-4-8-14(13)15)17(2)20(18,19)10-12-6-5-9-16-12/h3-4,7-8,11-12,16H,5-6,9-10H2,1-2H3. The van der Waals surface area contributed by atoms with E-state index in [1.165, 1.54) is 4.31 Å². The molecule has 0 aromatic heterocycles. The Labute approximate surface area is 126 Å². The van der Waals surface area contributed by atoms with E-state index in [1.807, 2.05) is 25.1 Å². The third-order valence-electron chi connectivity index (χ3n) is 3.91. The van der Waals surface area contributed by atoms with Gasteiger partial charge in [-0.2, -0.15) is 4.31 Å². The minimum absolute atomic E-state index is 0.0703. The van der Waals surface area contributed by atoms with Gasteiger partial charge >= 0.3 is 0 Å². The molecule has 20 heavy (non-hydrogen) atoms. The van der Waals surface area contributed by atoms with Crippen LogP contribution >= 0.6 is 11.6 Å². The summed E-state index contributed by atoms with van der Waals surface area (Å²) in [5.41, 5.74) is 0.833. The van der Waals surface area contributed by atoms with Crippen molar-refractivity contribution in [3.8, 4) is 0 Å². The maximum absolute atomic E-state index is 12.5. The molecule has 4 nitrogen and oxygen atoms in total. The molecule has 0 aliphatic carbocycles. The van der Waals surface area contributed by atoms with E-state index >= 15 is 0 Å². The van der Waals surface area contributed by atoms with Gasteiger partial charge in [0.25, 0.3) is 0 Å². The molecule has 1 heterocycles. The summed E-state index contributed by atoms with van der Waals surface area (Å²) >= 11 is 6.15. The lowest BCUT2D eigenvalue weighted by atomic mass is 10.1. The number of nitrogens with zero attached hydrogens (tertiary/aromatic N) is 1. The minimum Gasteiger partial charge on any atom is -0.313 e. The van der Waals surface area contributed by atoms with Crippen LogP contribution in [0.2, 0.25) is 5.02 Å². The van der Waals surface area contributed by atoms with Gasteiger partial charge in [0, 0.05) is 24.2 Å². The van der Waals surface area contributed by atoms with Crippen LogP contribution in [0.3, 0.4) is 0 Å². The first-order valence-electron chi connectivity index (χ1n) is 6.85. The second-order valence-electron chi connectivity index (χ2n) is 5.29. The third-order valence-corrected chi connectivity index (χ3v) is 6.28. The molecule has 6 heteroatoms. The number of hydrogen-bond acceptors (Lipinski definition) is 3. The van der Waals surface area contributed by atoms with E-state index < -0.39 is 10.0 Å². The molecule has 0 bridgehead atoms. The highest BCUT2D eigenvalue weighted by Gasteiger charge is 2.29. The van der Waals surface area contributed by atoms with Crippen LogP contribution in [0.15, 0.2) is 24.3 Å². The van der Waals surface area contributed by atoms with Gasteiger partial charge in [-0.25, -0.2) is 8.42 Å². The fourth-order valence-electron chi connectivity index (χ4n) is 2.52. The Morgan fingerprint density at radius 2 is 2.15 bits per heavy atom. The Kier molecular flexibility index (Phi) is 5.07. The maximum atomic E-state index is 12.5. The zero-order chi connectivity index (χ0) is 14.8. The number of benzene rings is 1. The van der Waals surface area contributed by atoms with Crippen LogP contribution < -0.4 is 5.32 Å². The molecular formula is C14H21ClN2O2S. The molecule has 2 unspecified atom stereocenters. The Bertz CT molecular complexity index is 556. The van der Waals surface area contributed by atoms with Gasteiger partial charge in [-0.1, -0.05) is 29.8 Å². The molecule has 1 saturated heterocycles. The molecule has 1 aliphatic rings. The van der Waals surface area contributed by atoms with E-state index in [1.54, 1.807) is 13.1 Å². The van der Waals surface area contributed by atoms with Crippen molar-refractivity contribution in [3.63, 3.8) is 0 Å². The summed E-state index contributed by atoms with van der Waals surface area (Å²) in [5, 5.41) is 3.82. The third kappa shape index (κ3) is 3.52. The fourth-order valence-corrected chi connectivity index (χ4v) is 4.44. The van der Waals surface area contributed by atoms with Crippen molar-refractivity contribution in [2.75, 3.05) is 19.3 Å². The van der Waals surface area contributed by atoms with E-state index in [2.05, 4.69) is 5.32 Å². The first-order valence-corrected chi connectivity index (χ1v) is 8.84. The smallest absolute Gasteiger partial charge is 0.215 e. The number of halogens is 1. The van der Waals surface area contributed by atoms with Crippen LogP contribution in [0.25, 0.3) is 0 Å². The van der Waals surface area contributed by atoms with Crippen molar-refractivity contribution in [3.05, 3.63) is 34.9 Å². The van der Waals surface area contributed by atoms with Gasteiger partial charge in [0.15, 0.2) is 0 Å². The lowest BCUT2D eigenvalue weighted by molar-refractivity contribution is 0.395. The Balaban J connectivity index is 2.13. The summed E-state index contributed by atoms with van der Waals surface area (Å²) in [7, 11) is -1.67. The molecule has 1 aromatic carbocycles. The summed E-state index contributed by atoms with van der Waals surface area (Å²) in [4.78, 5) is 0. The molecule has 1 aromatic rings. The summed E-state index contributed by atoms with van der Waals surface area (Å²) < 4.78 is 26.3. The average molecular weight is 317 g/mol. The van der Waals surface area contributed by atoms with E-state index in [-0.39, 0.29) is 17.8 Å². The predicted molar refractivity (Wildman–Crippen MR) is 82.4 cm³/mol. The molecule has 1 N–H and O–H groups in total. The average Bonchev–Trinajstić information content (AvgIpc) is 2.89. The number of nitrogens with one attached hydrogen (secondary N) is 1. The van der Waals surface area contributed by atoms with Gasteiger partial charge in [0.05, 0.1) is 5.75 Å². The highest BCUT2D eigenvalue weighted by atomic mass is 35.5. The first kappa shape index (κ1) is 15.8. The molecule has 112 valence electrons. The van der Waals surface area contributed by atoms with Gasteiger partial charge in [-0.3, -0.25) is 0 Å². The van der Waals surface area contributed by atoms with Crippen molar-refractivity contribution < 1.29 is 8.42 Å². The van der Waals surface area contributed by atoms with Crippen LogP contribution in [-0.4, -0.2) is 38.1 Å². The molecule has 2 atom stereocenters. The molecule has 1 aliphatic heterocycles. The predicted octanol–water partition coefficient (Wildman–Crippen LogP) is 2.41. The monoisotopic (exact) mass is 316 g/mol. The lowest BCUT2D eigenvalue weighted by Gasteiger charge is -2.26. The van der Waals surface area contributed by atoms with E-state index in [4.69, 9.17) is 11.6 Å². The minimum atomic E-state index is -3.30. The zero-order valence-corrected chi connectivity index (χ0v) is 13.4. The van der Waals surface area contributed by atoms with Gasteiger partial charge in [-0.05, 0) is 37.9 Å². The summed E-state index contributed by atoms with van der Waals surface area (Å²) in [6.07, 6.45) is 1.97. The normalized spacial score (nSPS) is 21.3. The molecular weight excluding hydrogens is 296 g/mol. The number of rotatable bonds is 5. The topological polar surface area (TPSA) is 49.4 Å². The highest BCUT2D eigenvalue weighted by molar-refractivity contribution is 7.89. The molecule has 0 radical (unpaired) electrons. The Hall–Kier alpha value is -0.620. The van der Waals surface area contributed by atoms with Crippen LogP contribution in [-0.2, 0) is 10.0 Å². The van der Waals surface area contributed by atoms with Crippen molar-refractivity contribution >= 4 is 21.6 Å². The van der Waals surface area contributed by atoms with Crippen LogP contribution in [0.5, 0.6) is 0 Å². The molecule has 2 rings (SSSR count). The van der Waals surface area contributed by atoms with Crippen LogP contribution in [0.1, 0.15) is 31.4 Å². The van der Waals surface area contributed by atoms with E-state index in [9.17, 15) is 8.42 Å². The fraction of sp³-hybridized carbons (Fsp3) is 0.571.